The summed E-state index contributed by atoms with van der Waals surface area (Å²) < 4.78 is 9.56. The summed E-state index contributed by atoms with van der Waals surface area (Å²) in [6.45, 7) is 58.4. The lowest BCUT2D eigenvalue weighted by molar-refractivity contribution is -0.127. The largest absolute Gasteiger partial charge is 0.360 e. The van der Waals surface area contributed by atoms with Crippen molar-refractivity contribution in [3.05, 3.63) is 406 Å². The van der Waals surface area contributed by atoms with Crippen LogP contribution in [-0.2, 0) is 59.1 Å². The molecule has 1 heteroatoms. The molecule has 0 aromatic heterocycles. The van der Waals surface area contributed by atoms with Gasteiger partial charge in [0.15, 0.2) is 0 Å². The molecule has 4 aliphatic rings. The lowest BCUT2D eigenvalue weighted by Gasteiger charge is -2.51. The maximum Gasteiger partial charge on any atom is 0.120 e. The number of hydrogen-bond acceptors (Lipinski definition) is 1. The highest BCUT2D eigenvalue weighted by Gasteiger charge is 2.59. The van der Waals surface area contributed by atoms with Gasteiger partial charge in [0, 0.05) is 10.8 Å². The molecule has 16 aromatic carbocycles. The average Bonchev–Trinajstić information content (AvgIpc) is 1.52. The molecule has 0 N–H and O–H groups in total. The molecular weight excluding hydrogens is 1630 g/mol. The fourth-order valence-electron chi connectivity index (χ4n) is 21.9. The highest BCUT2D eigenvalue weighted by molar-refractivity contribution is 5.94. The molecule has 2 atom stereocenters. The van der Waals surface area contributed by atoms with Crippen LogP contribution in [0.25, 0.3) is 156 Å². The van der Waals surface area contributed by atoms with E-state index in [0.717, 1.165) is 22.3 Å². The van der Waals surface area contributed by atoms with Gasteiger partial charge in [0.1, 0.15) is 5.60 Å². The summed E-state index contributed by atoms with van der Waals surface area (Å²) in [6, 6.07) is 134. The minimum absolute atomic E-state index is 0.00141. The molecule has 0 spiro atoms. The van der Waals surface area contributed by atoms with E-state index in [2.05, 4.69) is 513 Å². The van der Waals surface area contributed by atoms with E-state index in [-0.39, 0.29) is 37.9 Å². The van der Waals surface area contributed by atoms with E-state index in [4.69, 9.17) is 0 Å². The van der Waals surface area contributed by atoms with Gasteiger partial charge in [-0.2, -0.15) is 0 Å². The highest BCUT2D eigenvalue weighted by atomic mass is 16.5. The zero-order valence-electron chi connectivity index (χ0n) is 84.7. The first-order valence-corrected chi connectivity index (χ1v) is 49.6. The van der Waals surface area contributed by atoms with Crippen molar-refractivity contribution >= 4 is 0 Å². The van der Waals surface area contributed by atoms with Gasteiger partial charge >= 0.3 is 0 Å². The Kier molecular flexibility index (Phi) is 22.7. The third kappa shape index (κ3) is 17.1. The maximum absolute atomic E-state index is 9.56. The van der Waals surface area contributed by atoms with E-state index >= 15 is 0 Å². The minimum atomic E-state index is -1.08. The van der Waals surface area contributed by atoms with Crippen molar-refractivity contribution in [2.45, 2.75) is 246 Å². The lowest BCUT2D eigenvalue weighted by atomic mass is 9.60. The molecule has 1 nitrogen and oxygen atoms in total. The van der Waals surface area contributed by atoms with Crippen LogP contribution in [0, 0.1) is 0 Å². The molecule has 0 heterocycles. The monoisotopic (exact) mass is 1760 g/mol. The Labute approximate surface area is 807 Å². The third-order valence-corrected chi connectivity index (χ3v) is 30.6. The zero-order chi connectivity index (χ0) is 95.4. The summed E-state index contributed by atoms with van der Waals surface area (Å²) >= 11 is 0. The first kappa shape index (κ1) is 91.6. The van der Waals surface area contributed by atoms with Gasteiger partial charge in [0.2, 0.25) is 0 Å². The Morgan fingerprint density at radius 3 is 0.526 bits per heavy atom. The lowest BCUT2D eigenvalue weighted by Crippen LogP contribution is -2.54. The topological polar surface area (TPSA) is 9.23 Å². The molecule has 16 aromatic rings. The van der Waals surface area contributed by atoms with Crippen LogP contribution in [0.3, 0.4) is 0 Å². The molecule has 0 amide bonds. The normalized spacial score (nSPS) is 15.6. The molecule has 135 heavy (non-hydrogen) atoms. The summed E-state index contributed by atoms with van der Waals surface area (Å²) in [5.74, 6) is 0. The van der Waals surface area contributed by atoms with E-state index in [1.807, 2.05) is 0 Å². The predicted molar refractivity (Wildman–Crippen MR) is 580 cm³/mol. The fourth-order valence-corrected chi connectivity index (χ4v) is 21.9. The predicted octanol–water partition coefficient (Wildman–Crippen LogP) is 37.5. The van der Waals surface area contributed by atoms with Gasteiger partial charge in [0.25, 0.3) is 0 Å². The standard InChI is InChI=1S/C134H136O/c1-26-133-120-80-92(104-72-96(84-28-48-108(49-29-84)125(3,4)5)68-97(73-104)85-30-50-109(51-31-85)126(6,7)8)44-64-116(120)117-65-45-93(81-121(117)133)105-74-98(86-32-52-110(53-33-86)127(9,10)11)71-103(75-105)91-42-62-115(63-43-91)132(24,25)124(133)135-134(27-2)122-82-94(106-76-99(87-34-54-111(55-35-87)128(12,13)14)69-100(77-106)88-36-56-112(57-37-88)129(15,16)17)46-66-118(122)119-67-47-95(83-123(119)134)107-78-101(89-38-58-113(59-39-89)130(18,19)20)70-102(79-107)90-40-60-114(61-41-90)131(21,22)23/h28-83,124H,26-27H2,1-25H3. The number of hydrogen-bond donors (Lipinski definition) is 0. The maximum atomic E-state index is 9.56. The van der Waals surface area contributed by atoms with Gasteiger partial charge in [-0.05, 0) is 370 Å². The van der Waals surface area contributed by atoms with E-state index in [0.29, 0.717) is 12.8 Å². The zero-order valence-corrected chi connectivity index (χ0v) is 84.7. The SMILES string of the molecule is CCC1(OC2C(C)(C)c3ccc(cc3)-c3cc(-c4ccc(C(C)(C)C)cc4)cc(c3)-c3ccc4c(c3)C2(CC)c2cc(-c3cc(-c5ccc(C(C)(C)C)cc5)cc(-c5ccc(C(C)(C)C)cc5)c3)ccc2-4)c2cc(-c3cc(-c4ccc(C(C)(C)C)cc4)cc(-c4ccc(C(C)(C)C)cc4)c3)ccc2-c2ccc(-c3cc(-c4ccc(C(C)(C)C)cc4)cc(-c4ccc(C(C)(C)C)cc4)c3)cc21. The van der Waals surface area contributed by atoms with Crippen molar-refractivity contribution in [2.24, 2.45) is 0 Å². The molecule has 0 aliphatic heterocycles. The van der Waals surface area contributed by atoms with E-state index in [9.17, 15) is 4.74 Å². The van der Waals surface area contributed by atoms with Crippen LogP contribution < -0.4 is 0 Å². The number of fused-ring (bicyclic) bond motifs is 8. The van der Waals surface area contributed by atoms with E-state index < -0.39 is 22.5 Å². The second-order valence-electron chi connectivity index (χ2n) is 47.3. The van der Waals surface area contributed by atoms with Crippen molar-refractivity contribution in [1.82, 2.24) is 0 Å². The average molecular weight is 1760 g/mol. The molecule has 20 rings (SSSR count). The van der Waals surface area contributed by atoms with Gasteiger partial charge in [-0.25, -0.2) is 0 Å². The van der Waals surface area contributed by atoms with Crippen molar-refractivity contribution < 1.29 is 4.74 Å². The summed E-state index contributed by atoms with van der Waals surface area (Å²) in [4.78, 5) is 0. The molecule has 0 saturated heterocycles. The number of ether oxygens (including phenoxy) is 1. The first-order valence-electron chi connectivity index (χ1n) is 49.6. The van der Waals surface area contributed by atoms with Gasteiger partial charge in [-0.15, -0.1) is 0 Å². The highest BCUT2D eigenvalue weighted by Crippen LogP contribution is 2.64. The smallest absolute Gasteiger partial charge is 0.120 e. The summed E-state index contributed by atoms with van der Waals surface area (Å²) in [5, 5.41) is 0. The molecular formula is C134H136O. The van der Waals surface area contributed by atoms with Crippen LogP contribution in [0.1, 0.15) is 253 Å². The van der Waals surface area contributed by atoms with Crippen LogP contribution in [0.15, 0.2) is 340 Å². The molecule has 6 bridgehead atoms. The minimum Gasteiger partial charge on any atom is -0.360 e. The number of rotatable bonds is 14. The molecule has 0 saturated carbocycles. The number of benzene rings is 16. The summed E-state index contributed by atoms with van der Waals surface area (Å²) in [5.41, 5.74) is 45.8. The quantitative estimate of drug-likeness (QED) is 0.105. The Bertz CT molecular complexity index is 6770. The fraction of sp³-hybridized carbons (Fsp3) is 0.284. The molecule has 0 radical (unpaired) electrons. The van der Waals surface area contributed by atoms with Gasteiger partial charge in [0.05, 0.1) is 6.10 Å². The first-order chi connectivity index (χ1) is 63.8. The Morgan fingerprint density at radius 1 is 0.185 bits per heavy atom. The van der Waals surface area contributed by atoms with Crippen LogP contribution >= 0.6 is 0 Å². The van der Waals surface area contributed by atoms with Crippen LogP contribution in [0.5, 0.6) is 0 Å². The van der Waals surface area contributed by atoms with E-state index in [1.54, 1.807) is 0 Å². The van der Waals surface area contributed by atoms with Crippen LogP contribution in [0.4, 0.5) is 0 Å². The van der Waals surface area contributed by atoms with Crippen molar-refractivity contribution in [2.75, 3.05) is 0 Å². The molecule has 0 fully saturated rings. The van der Waals surface area contributed by atoms with Crippen molar-refractivity contribution in [1.29, 1.82) is 0 Å². The van der Waals surface area contributed by atoms with Crippen molar-refractivity contribution in [3.63, 3.8) is 0 Å². The van der Waals surface area contributed by atoms with Crippen LogP contribution in [-0.4, -0.2) is 6.10 Å². The molecule has 4 aliphatic carbocycles. The Balaban J connectivity index is 0.877. The van der Waals surface area contributed by atoms with Gasteiger partial charge in [-0.1, -0.05) is 416 Å². The van der Waals surface area contributed by atoms with Gasteiger partial charge < -0.3 is 4.74 Å². The Morgan fingerprint density at radius 2 is 0.348 bits per heavy atom. The molecule has 2 unspecified atom stereocenters. The second kappa shape index (κ2) is 33.5. The second-order valence-corrected chi connectivity index (χ2v) is 47.3. The molecule has 678 valence electrons. The van der Waals surface area contributed by atoms with E-state index in [1.165, 1.54) is 200 Å². The third-order valence-electron chi connectivity index (χ3n) is 30.6. The summed E-state index contributed by atoms with van der Waals surface area (Å²) in [7, 11) is 0. The van der Waals surface area contributed by atoms with Gasteiger partial charge in [-0.3, -0.25) is 0 Å². The van der Waals surface area contributed by atoms with Crippen LogP contribution in [0.2, 0.25) is 0 Å². The van der Waals surface area contributed by atoms with Crippen molar-refractivity contribution in [3.8, 4) is 156 Å². The summed E-state index contributed by atoms with van der Waals surface area (Å²) in [6.07, 6.45) is 0.775. The Hall–Kier alpha value is -12.5.